The van der Waals surface area contributed by atoms with Crippen LogP contribution >= 0.6 is 0 Å². The number of carbonyl (C=O) groups excluding carboxylic acids is 8. The van der Waals surface area contributed by atoms with Gasteiger partial charge in [-0.3, -0.25) is 38.4 Å². The van der Waals surface area contributed by atoms with Gasteiger partial charge in [0, 0.05) is 68.2 Å². The Labute approximate surface area is 346 Å². The maximum atomic E-state index is 12.3. The molecule has 10 atom stereocenters. The average molecular weight is 843 g/mol. The number of hydrogen-bond acceptors (Lipinski definition) is 18. The van der Waals surface area contributed by atoms with Gasteiger partial charge in [0.15, 0.2) is 36.6 Å². The summed E-state index contributed by atoms with van der Waals surface area (Å²) in [6, 6.07) is 14.7. The van der Waals surface area contributed by atoms with Crippen molar-refractivity contribution in [3.8, 4) is 11.1 Å². The van der Waals surface area contributed by atoms with E-state index < -0.39 is 109 Å². The van der Waals surface area contributed by atoms with Crippen molar-refractivity contribution >= 4 is 47.8 Å². The summed E-state index contributed by atoms with van der Waals surface area (Å²) in [6.07, 6.45) is -11.2. The van der Waals surface area contributed by atoms with E-state index in [2.05, 4.69) is 0 Å². The number of rotatable bonds is 15. The Kier molecular flexibility index (Phi) is 16.7. The smallest absolute Gasteiger partial charge is 0.303 e. The molecule has 2 saturated heterocycles. The van der Waals surface area contributed by atoms with Gasteiger partial charge >= 0.3 is 47.8 Å². The van der Waals surface area contributed by atoms with Crippen molar-refractivity contribution in [3.05, 3.63) is 59.7 Å². The van der Waals surface area contributed by atoms with Crippen molar-refractivity contribution in [2.24, 2.45) is 0 Å². The van der Waals surface area contributed by atoms with Crippen LogP contribution in [0.3, 0.4) is 0 Å². The van der Waals surface area contributed by atoms with E-state index in [0.717, 1.165) is 49.9 Å². The topological polar surface area (TPSA) is 229 Å². The second-order valence-corrected chi connectivity index (χ2v) is 14.3. The summed E-state index contributed by atoms with van der Waals surface area (Å²) >= 11 is 0. The Morgan fingerprint density at radius 1 is 0.367 bits per heavy atom. The molecule has 2 aliphatic rings. The van der Waals surface area contributed by atoms with Crippen LogP contribution in [0.5, 0.6) is 0 Å². The molecular formula is C42H50O18. The van der Waals surface area contributed by atoms with Crippen LogP contribution in [0, 0.1) is 0 Å². The molecule has 4 rings (SSSR count). The lowest BCUT2D eigenvalue weighted by atomic mass is 9.90. The van der Waals surface area contributed by atoms with Crippen LogP contribution in [0.1, 0.15) is 66.5 Å². The van der Waals surface area contributed by atoms with E-state index in [1.165, 1.54) is 27.7 Å². The van der Waals surface area contributed by atoms with Gasteiger partial charge in [0.05, 0.1) is 0 Å². The Bertz CT molecular complexity index is 1740. The highest BCUT2D eigenvalue weighted by atomic mass is 16.7. The first-order chi connectivity index (χ1) is 28.3. The Morgan fingerprint density at radius 2 is 0.617 bits per heavy atom. The van der Waals surface area contributed by atoms with Crippen LogP contribution in [-0.4, -0.2) is 122 Å². The minimum Gasteiger partial charge on any atom is -0.463 e. The minimum atomic E-state index is -1.28. The Balaban J connectivity index is 1.57. The first-order valence-electron chi connectivity index (χ1n) is 19.1. The van der Waals surface area contributed by atoms with Crippen LogP contribution in [0.4, 0.5) is 0 Å². The first kappa shape index (κ1) is 46.8. The monoisotopic (exact) mass is 842 g/mol. The normalized spacial score (nSPS) is 26.0. The van der Waals surface area contributed by atoms with Crippen molar-refractivity contribution in [3.63, 3.8) is 0 Å². The molecule has 2 heterocycles. The molecule has 2 aromatic carbocycles. The summed E-state index contributed by atoms with van der Waals surface area (Å²) in [4.78, 5) is 96.5. The lowest BCUT2D eigenvalue weighted by Crippen LogP contribution is -2.62. The van der Waals surface area contributed by atoms with Gasteiger partial charge in [-0.25, -0.2) is 0 Å². The van der Waals surface area contributed by atoms with Gasteiger partial charge < -0.3 is 47.4 Å². The van der Waals surface area contributed by atoms with Crippen LogP contribution in [0.15, 0.2) is 48.5 Å². The zero-order valence-corrected chi connectivity index (χ0v) is 34.6. The van der Waals surface area contributed by atoms with Crippen molar-refractivity contribution in [1.82, 2.24) is 0 Å². The molecule has 0 aliphatic carbocycles. The summed E-state index contributed by atoms with van der Waals surface area (Å²) in [7, 11) is 0. The van der Waals surface area contributed by atoms with Gasteiger partial charge in [0.2, 0.25) is 0 Å². The molecule has 0 saturated carbocycles. The van der Waals surface area contributed by atoms with Crippen LogP contribution in [0.25, 0.3) is 11.1 Å². The summed E-state index contributed by atoms with van der Waals surface area (Å²) in [5.74, 6) is -5.53. The number of carbonyl (C=O) groups is 8. The SMILES string of the molecule is CC(=O)OC[C@H]1O[C@H](Cc2ccc(-c3ccc(C[C@H]4O[C@H](COC(C)=O)[C@@H](OC(C)=O)[C@H](OC(C)=O)[C@@H]4OC(C)=O)cc3)cc2)[C@@H](OC(C)=O)[C@@H](OC(C)=O)[C@@H]1OC(C)=O. The lowest BCUT2D eigenvalue weighted by Gasteiger charge is -2.44. The number of esters is 8. The molecule has 2 fully saturated rings. The van der Waals surface area contributed by atoms with Crippen molar-refractivity contribution in [2.45, 2.75) is 129 Å². The zero-order chi connectivity index (χ0) is 44.3. The predicted octanol–water partition coefficient (Wildman–Crippen LogP) is 2.69. The molecular weight excluding hydrogens is 792 g/mol. The van der Waals surface area contributed by atoms with Gasteiger partial charge in [0.1, 0.15) is 37.6 Å². The summed E-state index contributed by atoms with van der Waals surface area (Å²) < 4.78 is 56.0. The van der Waals surface area contributed by atoms with Gasteiger partial charge in [-0.2, -0.15) is 0 Å². The van der Waals surface area contributed by atoms with E-state index in [1.807, 2.05) is 48.5 Å². The summed E-state index contributed by atoms with van der Waals surface area (Å²) in [5, 5.41) is 0. The highest BCUT2D eigenvalue weighted by molar-refractivity contribution is 5.70. The highest BCUT2D eigenvalue weighted by Gasteiger charge is 2.53. The van der Waals surface area contributed by atoms with Crippen LogP contribution in [0.2, 0.25) is 0 Å². The highest BCUT2D eigenvalue weighted by Crippen LogP contribution is 2.33. The van der Waals surface area contributed by atoms with E-state index in [-0.39, 0.29) is 26.1 Å². The molecule has 326 valence electrons. The van der Waals surface area contributed by atoms with Gasteiger partial charge in [0.25, 0.3) is 0 Å². The fourth-order valence-electron chi connectivity index (χ4n) is 7.10. The lowest BCUT2D eigenvalue weighted by molar-refractivity contribution is -0.252. The molecule has 0 N–H and O–H groups in total. The van der Waals surface area contributed by atoms with Crippen molar-refractivity contribution in [1.29, 1.82) is 0 Å². The second kappa shape index (κ2) is 21.4. The Hall–Kier alpha value is -5.88. The van der Waals surface area contributed by atoms with Crippen LogP contribution in [-0.2, 0) is 98.6 Å². The first-order valence-corrected chi connectivity index (χ1v) is 19.1. The fourth-order valence-corrected chi connectivity index (χ4v) is 7.10. The molecule has 0 spiro atoms. The van der Waals surface area contributed by atoms with E-state index >= 15 is 0 Å². The maximum absolute atomic E-state index is 12.3. The quantitative estimate of drug-likeness (QED) is 0.185. The molecule has 0 amide bonds. The maximum Gasteiger partial charge on any atom is 0.303 e. The summed E-state index contributed by atoms with van der Waals surface area (Å²) in [6.45, 7) is 8.69. The standard InChI is InChI=1S/C42H50O18/c1-21(43)51-19-35-39(55-25(5)47)41(57-27(7)49)37(53-23(3)45)33(59-35)17-29-9-13-31(14-10-29)32-15-11-30(12-16-32)18-34-38(54-24(4)46)42(58-28(8)50)40(56-26(6)48)36(60-34)20-52-22(2)44/h9-16,33-42H,17-20H2,1-8H3/t33-,34-,35-,36-,37-,38-,39-,40-,41-,42-/m1/s1. The largest absolute Gasteiger partial charge is 0.463 e. The average Bonchev–Trinajstić information content (AvgIpc) is 3.14. The zero-order valence-electron chi connectivity index (χ0n) is 34.6. The summed E-state index contributed by atoms with van der Waals surface area (Å²) in [5.41, 5.74) is 3.11. The van der Waals surface area contributed by atoms with E-state index in [1.54, 1.807) is 0 Å². The molecule has 0 aromatic heterocycles. The van der Waals surface area contributed by atoms with Crippen molar-refractivity contribution in [2.75, 3.05) is 13.2 Å². The number of ether oxygens (including phenoxy) is 10. The van der Waals surface area contributed by atoms with Crippen molar-refractivity contribution < 1.29 is 85.7 Å². The predicted molar refractivity (Wildman–Crippen MR) is 203 cm³/mol. The van der Waals surface area contributed by atoms with Gasteiger partial charge in [-0.15, -0.1) is 0 Å². The van der Waals surface area contributed by atoms with Gasteiger partial charge in [-0.05, 0) is 22.3 Å². The fraction of sp³-hybridized carbons (Fsp3) is 0.524. The third-order valence-corrected chi connectivity index (χ3v) is 9.29. The molecule has 18 heteroatoms. The third-order valence-electron chi connectivity index (χ3n) is 9.29. The molecule has 18 nitrogen and oxygen atoms in total. The third kappa shape index (κ3) is 13.6. The minimum absolute atomic E-state index is 0.147. The van der Waals surface area contributed by atoms with E-state index in [9.17, 15) is 38.4 Å². The molecule has 2 aliphatic heterocycles. The van der Waals surface area contributed by atoms with E-state index in [4.69, 9.17) is 47.4 Å². The molecule has 60 heavy (non-hydrogen) atoms. The second-order valence-electron chi connectivity index (χ2n) is 14.3. The van der Waals surface area contributed by atoms with Gasteiger partial charge in [-0.1, -0.05) is 48.5 Å². The molecule has 0 radical (unpaired) electrons. The Morgan fingerprint density at radius 3 is 0.867 bits per heavy atom. The van der Waals surface area contributed by atoms with Crippen LogP contribution < -0.4 is 0 Å². The molecule has 2 aromatic rings. The molecule has 0 bridgehead atoms. The number of benzene rings is 2. The van der Waals surface area contributed by atoms with E-state index in [0.29, 0.717) is 0 Å². The molecule has 0 unspecified atom stereocenters. The number of hydrogen-bond donors (Lipinski definition) is 0.